The van der Waals surface area contributed by atoms with Gasteiger partial charge in [-0.05, 0) is 43.1 Å². The van der Waals surface area contributed by atoms with E-state index in [1.165, 1.54) is 19.3 Å². The molecular formula is C12H19N3OS. The van der Waals surface area contributed by atoms with E-state index in [9.17, 15) is 0 Å². The van der Waals surface area contributed by atoms with Gasteiger partial charge in [-0.1, -0.05) is 6.42 Å². The average molecular weight is 253 g/mol. The van der Waals surface area contributed by atoms with Gasteiger partial charge in [-0.2, -0.15) is 0 Å². The van der Waals surface area contributed by atoms with Crippen LogP contribution in [0.25, 0.3) is 0 Å². The number of nitrogens with one attached hydrogen (secondary N) is 1. The van der Waals surface area contributed by atoms with Crippen LogP contribution < -0.4 is 5.32 Å². The van der Waals surface area contributed by atoms with Crippen LogP contribution in [0.4, 0.5) is 5.82 Å². The second kappa shape index (κ2) is 5.69. The molecule has 4 nitrogen and oxygen atoms in total. The Morgan fingerprint density at radius 3 is 2.71 bits per heavy atom. The average Bonchev–Trinajstić information content (AvgIpc) is 2.33. The monoisotopic (exact) mass is 253 g/mol. The van der Waals surface area contributed by atoms with Crippen molar-refractivity contribution in [3.63, 3.8) is 0 Å². The highest BCUT2D eigenvalue weighted by Crippen LogP contribution is 2.43. The Morgan fingerprint density at radius 1 is 1.41 bits per heavy atom. The lowest BCUT2D eigenvalue weighted by molar-refractivity contribution is 0.101. The molecule has 0 atom stereocenters. The molecule has 5 heteroatoms. The van der Waals surface area contributed by atoms with Gasteiger partial charge in [0.15, 0.2) is 0 Å². The molecule has 0 spiro atoms. The van der Waals surface area contributed by atoms with E-state index in [4.69, 9.17) is 5.11 Å². The fourth-order valence-corrected chi connectivity index (χ4v) is 2.56. The molecule has 1 fully saturated rings. The summed E-state index contributed by atoms with van der Waals surface area (Å²) in [6, 6.07) is 3.93. The number of aliphatic hydroxyl groups is 1. The molecule has 1 aliphatic rings. The summed E-state index contributed by atoms with van der Waals surface area (Å²) < 4.78 is 0. The number of aliphatic hydroxyl groups excluding tert-OH is 1. The van der Waals surface area contributed by atoms with Crippen LogP contribution >= 0.6 is 11.8 Å². The highest BCUT2D eigenvalue weighted by molar-refractivity contribution is 7.98. The van der Waals surface area contributed by atoms with Gasteiger partial charge in [0.2, 0.25) is 0 Å². The Kier molecular flexibility index (Phi) is 4.23. The molecule has 94 valence electrons. The predicted molar refractivity (Wildman–Crippen MR) is 70.3 cm³/mol. The lowest BCUT2D eigenvalue weighted by atomic mass is 9.67. The third kappa shape index (κ3) is 3.10. The summed E-state index contributed by atoms with van der Waals surface area (Å²) in [5, 5.41) is 21.6. The molecule has 2 N–H and O–H groups in total. The number of aromatic nitrogens is 2. The molecule has 0 aliphatic heterocycles. The van der Waals surface area contributed by atoms with Crippen molar-refractivity contribution in [2.75, 3.05) is 24.7 Å². The van der Waals surface area contributed by atoms with E-state index in [0.29, 0.717) is 0 Å². The van der Waals surface area contributed by atoms with Gasteiger partial charge in [-0.3, -0.25) is 0 Å². The van der Waals surface area contributed by atoms with E-state index in [2.05, 4.69) is 15.5 Å². The zero-order chi connectivity index (χ0) is 12.1. The van der Waals surface area contributed by atoms with E-state index in [1.807, 2.05) is 18.4 Å². The third-order valence-corrected chi connectivity index (χ3v) is 4.19. The zero-order valence-electron chi connectivity index (χ0n) is 10.1. The van der Waals surface area contributed by atoms with Gasteiger partial charge < -0.3 is 10.4 Å². The van der Waals surface area contributed by atoms with Crippen molar-refractivity contribution in [2.24, 2.45) is 5.41 Å². The Bertz CT molecular complexity index is 351. The van der Waals surface area contributed by atoms with Gasteiger partial charge in [0.05, 0.1) is 0 Å². The van der Waals surface area contributed by atoms with Crippen LogP contribution in [0.3, 0.4) is 0 Å². The fraction of sp³-hybridized carbons (Fsp3) is 0.667. The Labute approximate surface area is 106 Å². The molecule has 1 aliphatic carbocycles. The summed E-state index contributed by atoms with van der Waals surface area (Å²) in [7, 11) is 0. The molecule has 2 rings (SSSR count). The summed E-state index contributed by atoms with van der Waals surface area (Å²) in [6.07, 6.45) is 6.56. The first-order valence-corrected chi connectivity index (χ1v) is 7.23. The zero-order valence-corrected chi connectivity index (χ0v) is 11.0. The minimum atomic E-state index is 0.277. The standard InChI is InChI=1S/C12H19N3OS/c1-17-11-4-3-10(14-15-11)13-9-12(7-8-16)5-2-6-12/h3-4,16H,2,5-9H2,1H3,(H,13,14). The van der Waals surface area contributed by atoms with Crippen molar-refractivity contribution in [1.82, 2.24) is 10.2 Å². The van der Waals surface area contributed by atoms with E-state index < -0.39 is 0 Å². The van der Waals surface area contributed by atoms with Crippen molar-refractivity contribution >= 4 is 17.6 Å². The third-order valence-electron chi connectivity index (χ3n) is 3.55. The predicted octanol–water partition coefficient (Wildman–Crippen LogP) is 2.16. The summed E-state index contributed by atoms with van der Waals surface area (Å²) >= 11 is 1.59. The molecule has 1 aromatic heterocycles. The van der Waals surface area contributed by atoms with Crippen LogP contribution in [-0.4, -0.2) is 34.7 Å². The van der Waals surface area contributed by atoms with Crippen LogP contribution in [0.1, 0.15) is 25.7 Å². The molecule has 0 aromatic carbocycles. The molecule has 0 amide bonds. The lowest BCUT2D eigenvalue weighted by Gasteiger charge is -2.41. The molecule has 1 aromatic rings. The maximum atomic E-state index is 9.07. The number of hydrogen-bond donors (Lipinski definition) is 2. The number of hydrogen-bond acceptors (Lipinski definition) is 5. The number of rotatable bonds is 6. The van der Waals surface area contributed by atoms with Crippen molar-refractivity contribution in [3.05, 3.63) is 12.1 Å². The van der Waals surface area contributed by atoms with Gasteiger partial charge in [0, 0.05) is 13.2 Å². The first-order chi connectivity index (χ1) is 8.28. The van der Waals surface area contributed by atoms with Crippen molar-refractivity contribution in [3.8, 4) is 0 Å². The van der Waals surface area contributed by atoms with E-state index in [1.54, 1.807) is 11.8 Å². The molecule has 0 unspecified atom stereocenters. The van der Waals surface area contributed by atoms with Crippen LogP contribution in [0.2, 0.25) is 0 Å². The fourth-order valence-electron chi connectivity index (χ4n) is 2.23. The van der Waals surface area contributed by atoms with Crippen LogP contribution in [0.5, 0.6) is 0 Å². The largest absolute Gasteiger partial charge is 0.396 e. The Morgan fingerprint density at radius 2 is 2.24 bits per heavy atom. The number of nitrogens with zero attached hydrogens (tertiary/aromatic N) is 2. The van der Waals surface area contributed by atoms with Gasteiger partial charge in [-0.25, -0.2) is 0 Å². The van der Waals surface area contributed by atoms with Crippen LogP contribution in [0.15, 0.2) is 17.2 Å². The maximum absolute atomic E-state index is 9.07. The van der Waals surface area contributed by atoms with Crippen molar-refractivity contribution in [1.29, 1.82) is 0 Å². The highest BCUT2D eigenvalue weighted by atomic mass is 32.2. The smallest absolute Gasteiger partial charge is 0.148 e. The van der Waals surface area contributed by atoms with Crippen molar-refractivity contribution in [2.45, 2.75) is 30.7 Å². The molecule has 0 saturated heterocycles. The summed E-state index contributed by atoms with van der Waals surface area (Å²) in [5.41, 5.74) is 0.286. The first-order valence-electron chi connectivity index (χ1n) is 6.00. The van der Waals surface area contributed by atoms with E-state index >= 15 is 0 Å². The number of thioether (sulfide) groups is 1. The molecule has 1 saturated carbocycles. The van der Waals surface area contributed by atoms with Crippen molar-refractivity contribution < 1.29 is 5.11 Å². The van der Waals surface area contributed by atoms with E-state index in [0.717, 1.165) is 23.8 Å². The van der Waals surface area contributed by atoms with Gasteiger partial charge >= 0.3 is 0 Å². The quantitative estimate of drug-likeness (QED) is 0.761. The van der Waals surface area contributed by atoms with Crippen LogP contribution in [0, 0.1) is 5.41 Å². The van der Waals surface area contributed by atoms with E-state index in [-0.39, 0.29) is 12.0 Å². The van der Waals surface area contributed by atoms with Gasteiger partial charge in [0.25, 0.3) is 0 Å². The first kappa shape index (κ1) is 12.6. The molecular weight excluding hydrogens is 234 g/mol. The Balaban J connectivity index is 1.87. The summed E-state index contributed by atoms with van der Waals surface area (Å²) in [5.74, 6) is 0.826. The Hall–Kier alpha value is -0.810. The molecule has 17 heavy (non-hydrogen) atoms. The maximum Gasteiger partial charge on any atom is 0.148 e. The lowest BCUT2D eigenvalue weighted by Crippen LogP contribution is -2.37. The number of anilines is 1. The second-order valence-electron chi connectivity index (χ2n) is 4.64. The highest BCUT2D eigenvalue weighted by Gasteiger charge is 2.36. The molecule has 0 bridgehead atoms. The molecule has 0 radical (unpaired) electrons. The van der Waals surface area contributed by atoms with Gasteiger partial charge in [-0.15, -0.1) is 22.0 Å². The second-order valence-corrected chi connectivity index (χ2v) is 5.47. The van der Waals surface area contributed by atoms with Gasteiger partial charge in [0.1, 0.15) is 10.8 Å². The van der Waals surface area contributed by atoms with Crippen LogP contribution in [-0.2, 0) is 0 Å². The topological polar surface area (TPSA) is 58.0 Å². The normalized spacial score (nSPS) is 17.5. The minimum Gasteiger partial charge on any atom is -0.396 e. The molecule has 1 heterocycles. The summed E-state index contributed by atoms with van der Waals surface area (Å²) in [4.78, 5) is 0. The SMILES string of the molecule is CSc1ccc(NCC2(CCO)CCC2)nn1. The minimum absolute atomic E-state index is 0.277. The summed E-state index contributed by atoms with van der Waals surface area (Å²) in [6.45, 7) is 1.17.